The van der Waals surface area contributed by atoms with Gasteiger partial charge in [0.1, 0.15) is 5.75 Å². The van der Waals surface area contributed by atoms with Gasteiger partial charge < -0.3 is 20.7 Å². The van der Waals surface area contributed by atoms with Gasteiger partial charge in [-0.1, -0.05) is 79.7 Å². The van der Waals surface area contributed by atoms with Gasteiger partial charge in [-0.25, -0.2) is 0 Å². The summed E-state index contributed by atoms with van der Waals surface area (Å²) in [4.78, 5) is 26.3. The standard InChI is InChI=1S/C32H32N4O3S/c1-3-4-18-39-26-17-11-16-25(19-26)35-28(37)21-40-32-27(20-33)30(23-12-7-5-8-13-23)29(22(2)34-32)31(38)36-24-14-9-6-10-15-24/h5-17,19,30,34H,3-4,18,21H2,1-2H3,(H,35,37)(H,36,38)/t30-/m0/s1. The maximum atomic E-state index is 13.5. The number of rotatable bonds is 11. The van der Waals surface area contributed by atoms with Crippen molar-refractivity contribution >= 4 is 35.0 Å². The molecule has 40 heavy (non-hydrogen) atoms. The lowest BCUT2D eigenvalue weighted by Gasteiger charge is -2.29. The first kappa shape index (κ1) is 28.5. The van der Waals surface area contributed by atoms with Gasteiger partial charge in [0.05, 0.1) is 34.9 Å². The second-order valence-corrected chi connectivity index (χ2v) is 10.2. The van der Waals surface area contributed by atoms with Crippen LogP contribution in [-0.4, -0.2) is 24.2 Å². The second-order valence-electron chi connectivity index (χ2n) is 9.25. The quantitative estimate of drug-likeness (QED) is 0.233. The highest BCUT2D eigenvalue weighted by molar-refractivity contribution is 8.03. The van der Waals surface area contributed by atoms with Crippen molar-refractivity contribution in [3.8, 4) is 11.8 Å². The molecule has 8 heteroatoms. The average Bonchev–Trinajstić information content (AvgIpc) is 2.97. The van der Waals surface area contributed by atoms with Crippen LogP contribution in [0.5, 0.6) is 5.75 Å². The molecule has 0 spiro atoms. The Morgan fingerprint density at radius 3 is 2.38 bits per heavy atom. The van der Waals surface area contributed by atoms with Gasteiger partial charge in [-0.05, 0) is 43.2 Å². The lowest BCUT2D eigenvalue weighted by atomic mass is 9.82. The van der Waals surface area contributed by atoms with Crippen molar-refractivity contribution in [1.29, 1.82) is 5.26 Å². The Balaban J connectivity index is 1.52. The largest absolute Gasteiger partial charge is 0.494 e. The van der Waals surface area contributed by atoms with Gasteiger partial charge in [0, 0.05) is 28.7 Å². The number of ether oxygens (including phenoxy) is 1. The third-order valence-electron chi connectivity index (χ3n) is 6.29. The number of thioether (sulfide) groups is 1. The van der Waals surface area contributed by atoms with Crippen LogP contribution < -0.4 is 20.7 Å². The van der Waals surface area contributed by atoms with E-state index in [1.807, 2.05) is 85.8 Å². The molecule has 4 rings (SSSR count). The molecule has 0 unspecified atom stereocenters. The van der Waals surface area contributed by atoms with E-state index in [0.717, 1.165) is 18.4 Å². The number of allylic oxidation sites excluding steroid dienone is 2. The summed E-state index contributed by atoms with van der Waals surface area (Å²) >= 11 is 1.24. The molecule has 3 N–H and O–H groups in total. The number of nitrogens with one attached hydrogen (secondary N) is 3. The molecule has 0 saturated carbocycles. The molecule has 1 aliphatic rings. The average molecular weight is 553 g/mol. The fourth-order valence-corrected chi connectivity index (χ4v) is 5.25. The third-order valence-corrected chi connectivity index (χ3v) is 7.31. The summed E-state index contributed by atoms with van der Waals surface area (Å²) in [6.07, 6.45) is 2.01. The predicted octanol–water partition coefficient (Wildman–Crippen LogP) is 6.57. The topological polar surface area (TPSA) is 103 Å². The van der Waals surface area contributed by atoms with E-state index in [9.17, 15) is 14.9 Å². The highest BCUT2D eigenvalue weighted by Gasteiger charge is 2.34. The highest BCUT2D eigenvalue weighted by atomic mass is 32.2. The summed E-state index contributed by atoms with van der Waals surface area (Å²) in [6, 6.07) is 28.3. The molecule has 0 aliphatic carbocycles. The number of amides is 2. The number of carbonyl (C=O) groups is 2. The van der Waals surface area contributed by atoms with E-state index in [-0.39, 0.29) is 17.6 Å². The molecule has 0 bridgehead atoms. The zero-order valence-electron chi connectivity index (χ0n) is 22.6. The highest BCUT2D eigenvalue weighted by Crippen LogP contribution is 2.41. The number of benzene rings is 3. The predicted molar refractivity (Wildman–Crippen MR) is 161 cm³/mol. The van der Waals surface area contributed by atoms with Gasteiger partial charge in [0.2, 0.25) is 5.91 Å². The first-order valence-electron chi connectivity index (χ1n) is 13.2. The van der Waals surface area contributed by atoms with Gasteiger partial charge in [-0.15, -0.1) is 0 Å². The molecule has 1 heterocycles. The molecule has 1 atom stereocenters. The fraction of sp³-hybridized carbons (Fsp3) is 0.219. The fourth-order valence-electron chi connectivity index (χ4n) is 4.36. The molecule has 2 amide bonds. The van der Waals surface area contributed by atoms with Crippen molar-refractivity contribution in [1.82, 2.24) is 5.32 Å². The summed E-state index contributed by atoms with van der Waals surface area (Å²) in [7, 11) is 0. The Bertz CT molecular complexity index is 1450. The number of para-hydroxylation sites is 1. The van der Waals surface area contributed by atoms with E-state index in [2.05, 4.69) is 28.9 Å². The lowest BCUT2D eigenvalue weighted by molar-refractivity contribution is -0.114. The molecule has 0 fully saturated rings. The maximum Gasteiger partial charge on any atom is 0.254 e. The molecular weight excluding hydrogens is 520 g/mol. The lowest BCUT2D eigenvalue weighted by Crippen LogP contribution is -2.31. The van der Waals surface area contributed by atoms with E-state index in [1.165, 1.54) is 11.8 Å². The van der Waals surface area contributed by atoms with Gasteiger partial charge in [-0.2, -0.15) is 5.26 Å². The Hall–Kier alpha value is -4.48. The zero-order valence-corrected chi connectivity index (χ0v) is 23.4. The van der Waals surface area contributed by atoms with Gasteiger partial charge in [-0.3, -0.25) is 9.59 Å². The van der Waals surface area contributed by atoms with Crippen molar-refractivity contribution < 1.29 is 14.3 Å². The van der Waals surface area contributed by atoms with Crippen molar-refractivity contribution in [3.63, 3.8) is 0 Å². The number of unbranched alkanes of at least 4 members (excludes halogenated alkanes) is 1. The van der Waals surface area contributed by atoms with Crippen LogP contribution in [0.4, 0.5) is 11.4 Å². The minimum atomic E-state index is -0.585. The summed E-state index contributed by atoms with van der Waals surface area (Å²) in [5.74, 6) is -0.309. The first-order valence-corrected chi connectivity index (χ1v) is 14.2. The Morgan fingerprint density at radius 2 is 1.68 bits per heavy atom. The number of nitriles is 1. The van der Waals surface area contributed by atoms with Crippen LogP contribution in [0.2, 0.25) is 0 Å². The first-order chi connectivity index (χ1) is 19.5. The minimum Gasteiger partial charge on any atom is -0.494 e. The van der Waals surface area contributed by atoms with Crippen LogP contribution in [0.1, 0.15) is 38.2 Å². The molecule has 0 aromatic heterocycles. The normalized spacial score (nSPS) is 14.7. The monoisotopic (exact) mass is 552 g/mol. The molecular formula is C32H32N4O3S. The van der Waals surface area contributed by atoms with E-state index < -0.39 is 5.92 Å². The van der Waals surface area contributed by atoms with Crippen molar-refractivity contribution in [2.24, 2.45) is 0 Å². The van der Waals surface area contributed by atoms with E-state index >= 15 is 0 Å². The van der Waals surface area contributed by atoms with Gasteiger partial charge >= 0.3 is 0 Å². The summed E-state index contributed by atoms with van der Waals surface area (Å²) in [5, 5.41) is 19.9. The Morgan fingerprint density at radius 1 is 0.975 bits per heavy atom. The second kappa shape index (κ2) is 14.1. The van der Waals surface area contributed by atoms with Crippen LogP contribution in [0.15, 0.2) is 107 Å². The molecule has 1 aliphatic heterocycles. The number of anilines is 2. The summed E-state index contributed by atoms with van der Waals surface area (Å²) < 4.78 is 5.74. The Kier molecular flexibility index (Phi) is 10.0. The molecule has 0 radical (unpaired) electrons. The van der Waals surface area contributed by atoms with Crippen molar-refractivity contribution in [2.45, 2.75) is 32.6 Å². The molecule has 0 saturated heterocycles. The maximum absolute atomic E-state index is 13.5. The van der Waals surface area contributed by atoms with Crippen molar-refractivity contribution in [2.75, 3.05) is 23.0 Å². The molecule has 7 nitrogen and oxygen atoms in total. The van der Waals surface area contributed by atoms with Crippen LogP contribution in [0, 0.1) is 11.3 Å². The summed E-state index contributed by atoms with van der Waals surface area (Å²) in [5.41, 5.74) is 3.60. The van der Waals surface area contributed by atoms with Crippen LogP contribution in [0.3, 0.4) is 0 Å². The Labute approximate surface area is 239 Å². The van der Waals surface area contributed by atoms with Crippen molar-refractivity contribution in [3.05, 3.63) is 112 Å². The number of carbonyl (C=O) groups excluding carboxylic acids is 2. The molecule has 3 aromatic rings. The van der Waals surface area contributed by atoms with E-state index in [1.54, 1.807) is 6.07 Å². The number of hydrogen-bond donors (Lipinski definition) is 3. The summed E-state index contributed by atoms with van der Waals surface area (Å²) in [6.45, 7) is 4.54. The number of hydrogen-bond acceptors (Lipinski definition) is 6. The smallest absolute Gasteiger partial charge is 0.254 e. The minimum absolute atomic E-state index is 0.0781. The molecule has 3 aromatic carbocycles. The van der Waals surface area contributed by atoms with Crippen LogP contribution >= 0.6 is 11.8 Å². The SMILES string of the molecule is CCCCOc1cccc(NC(=O)CSC2=C(C#N)[C@H](c3ccccc3)C(C(=O)Nc3ccccc3)=C(C)N2)c1. The van der Waals surface area contributed by atoms with Gasteiger partial charge in [0.15, 0.2) is 0 Å². The van der Waals surface area contributed by atoms with E-state index in [4.69, 9.17) is 4.74 Å². The van der Waals surface area contributed by atoms with E-state index in [0.29, 0.717) is 45.6 Å². The van der Waals surface area contributed by atoms with Crippen LogP contribution in [0.25, 0.3) is 0 Å². The van der Waals surface area contributed by atoms with Gasteiger partial charge in [0.25, 0.3) is 5.91 Å². The number of nitrogens with zero attached hydrogens (tertiary/aromatic N) is 1. The zero-order chi connectivity index (χ0) is 28.3. The number of dihydropyridines is 1. The van der Waals surface area contributed by atoms with Crippen LogP contribution in [-0.2, 0) is 9.59 Å². The third kappa shape index (κ3) is 7.33. The molecule has 204 valence electrons.